The number of likely N-dealkylation sites (tertiary alicyclic amines) is 1. The van der Waals surface area contributed by atoms with E-state index >= 15 is 0 Å². The number of amides is 2. The summed E-state index contributed by atoms with van der Waals surface area (Å²) in [6, 6.07) is 1.70. The molecule has 25 heavy (non-hydrogen) atoms. The SMILES string of the molecule is CCC(=O)N1CCC[C@H](C(=O)NCc2nc(-c3ncccn3)no2)C1. The largest absolute Gasteiger partial charge is 0.347 e. The molecule has 0 aromatic carbocycles. The minimum atomic E-state index is -0.205. The minimum absolute atomic E-state index is 0.0851. The molecule has 1 aliphatic rings. The fourth-order valence-corrected chi connectivity index (χ4v) is 2.78. The zero-order valence-corrected chi connectivity index (χ0v) is 14.0. The third-order valence-corrected chi connectivity index (χ3v) is 4.10. The predicted octanol–water partition coefficient (Wildman–Crippen LogP) is 0.791. The molecule has 9 heteroatoms. The summed E-state index contributed by atoms with van der Waals surface area (Å²) in [5.74, 6) is 0.704. The van der Waals surface area contributed by atoms with Crippen LogP contribution in [0.25, 0.3) is 11.6 Å². The molecule has 132 valence electrons. The second-order valence-electron chi connectivity index (χ2n) is 5.83. The zero-order chi connectivity index (χ0) is 17.6. The summed E-state index contributed by atoms with van der Waals surface area (Å²) in [6.45, 7) is 3.15. The average Bonchev–Trinajstić information content (AvgIpc) is 3.15. The standard InChI is InChI=1S/C16H20N6O3/c1-2-13(23)22-8-3-5-11(10-22)16(24)19-9-12-20-15(21-25-12)14-17-6-4-7-18-14/h4,6-7,11H,2-3,5,8-10H2,1H3,(H,19,24)/t11-/m0/s1. The number of aromatic nitrogens is 4. The Morgan fingerprint density at radius 3 is 2.88 bits per heavy atom. The Morgan fingerprint density at radius 1 is 1.32 bits per heavy atom. The lowest BCUT2D eigenvalue weighted by molar-refractivity contribution is -0.135. The van der Waals surface area contributed by atoms with Crippen LogP contribution in [0.1, 0.15) is 32.1 Å². The topological polar surface area (TPSA) is 114 Å². The van der Waals surface area contributed by atoms with Gasteiger partial charge in [0.05, 0.1) is 12.5 Å². The summed E-state index contributed by atoms with van der Waals surface area (Å²) in [4.78, 5) is 38.2. The Balaban J connectivity index is 1.54. The molecule has 1 saturated heterocycles. The van der Waals surface area contributed by atoms with Crippen LogP contribution < -0.4 is 5.32 Å². The van der Waals surface area contributed by atoms with E-state index < -0.39 is 0 Å². The highest BCUT2D eigenvalue weighted by Crippen LogP contribution is 2.17. The molecule has 1 N–H and O–H groups in total. The molecule has 2 amide bonds. The monoisotopic (exact) mass is 344 g/mol. The highest BCUT2D eigenvalue weighted by atomic mass is 16.5. The van der Waals surface area contributed by atoms with Crippen molar-refractivity contribution in [2.24, 2.45) is 5.92 Å². The summed E-state index contributed by atoms with van der Waals surface area (Å²) in [5.41, 5.74) is 0. The summed E-state index contributed by atoms with van der Waals surface area (Å²) in [6.07, 6.45) is 5.24. The van der Waals surface area contributed by atoms with Gasteiger partial charge in [0.1, 0.15) is 0 Å². The van der Waals surface area contributed by atoms with Gasteiger partial charge in [0.25, 0.3) is 0 Å². The van der Waals surface area contributed by atoms with Crippen LogP contribution in [0.5, 0.6) is 0 Å². The van der Waals surface area contributed by atoms with Gasteiger partial charge in [0.15, 0.2) is 0 Å². The van der Waals surface area contributed by atoms with Crippen molar-refractivity contribution in [1.82, 2.24) is 30.3 Å². The highest BCUT2D eigenvalue weighted by molar-refractivity contribution is 5.81. The lowest BCUT2D eigenvalue weighted by Gasteiger charge is -2.31. The van der Waals surface area contributed by atoms with Gasteiger partial charge in [-0.1, -0.05) is 12.1 Å². The van der Waals surface area contributed by atoms with E-state index in [1.54, 1.807) is 23.4 Å². The van der Waals surface area contributed by atoms with Crippen LogP contribution in [0.15, 0.2) is 23.0 Å². The predicted molar refractivity (Wildman–Crippen MR) is 86.8 cm³/mol. The fourth-order valence-electron chi connectivity index (χ4n) is 2.78. The van der Waals surface area contributed by atoms with Crippen LogP contribution in [0.4, 0.5) is 0 Å². The molecule has 3 heterocycles. The Bertz CT molecular complexity index is 732. The van der Waals surface area contributed by atoms with Gasteiger partial charge in [-0.2, -0.15) is 4.98 Å². The number of carbonyl (C=O) groups is 2. The third kappa shape index (κ3) is 4.17. The van der Waals surface area contributed by atoms with E-state index in [4.69, 9.17) is 4.52 Å². The first-order valence-corrected chi connectivity index (χ1v) is 8.33. The first-order chi connectivity index (χ1) is 12.2. The molecule has 0 saturated carbocycles. The second-order valence-corrected chi connectivity index (χ2v) is 5.83. The van der Waals surface area contributed by atoms with Crippen LogP contribution in [0.3, 0.4) is 0 Å². The Hall–Kier alpha value is -2.84. The first-order valence-electron chi connectivity index (χ1n) is 8.33. The van der Waals surface area contributed by atoms with Gasteiger partial charge in [0.2, 0.25) is 29.4 Å². The number of nitrogens with zero attached hydrogens (tertiary/aromatic N) is 5. The van der Waals surface area contributed by atoms with Crippen molar-refractivity contribution in [2.75, 3.05) is 13.1 Å². The smallest absolute Gasteiger partial charge is 0.246 e. The van der Waals surface area contributed by atoms with Crippen molar-refractivity contribution in [3.63, 3.8) is 0 Å². The number of rotatable bonds is 5. The van der Waals surface area contributed by atoms with Crippen molar-refractivity contribution in [2.45, 2.75) is 32.7 Å². The quantitative estimate of drug-likeness (QED) is 0.853. The van der Waals surface area contributed by atoms with Gasteiger partial charge in [-0.25, -0.2) is 9.97 Å². The van der Waals surface area contributed by atoms with Crippen LogP contribution in [0, 0.1) is 5.92 Å². The van der Waals surface area contributed by atoms with Crippen molar-refractivity contribution < 1.29 is 14.1 Å². The Labute approximate surface area is 144 Å². The van der Waals surface area contributed by atoms with E-state index in [2.05, 4.69) is 25.4 Å². The van der Waals surface area contributed by atoms with Crippen LogP contribution in [-0.2, 0) is 16.1 Å². The molecule has 1 aliphatic heterocycles. The van der Waals surface area contributed by atoms with Crippen molar-refractivity contribution in [3.05, 3.63) is 24.4 Å². The van der Waals surface area contributed by atoms with Gasteiger partial charge in [-0.05, 0) is 18.9 Å². The number of hydrogen-bond acceptors (Lipinski definition) is 7. The number of piperidine rings is 1. The Kier molecular flexibility index (Phi) is 5.32. The van der Waals surface area contributed by atoms with Gasteiger partial charge >= 0.3 is 0 Å². The second kappa shape index (κ2) is 7.82. The number of carbonyl (C=O) groups excluding carboxylic acids is 2. The molecule has 9 nitrogen and oxygen atoms in total. The molecule has 0 spiro atoms. The molecule has 1 atom stereocenters. The maximum atomic E-state index is 12.3. The molecular weight excluding hydrogens is 324 g/mol. The van der Waals surface area contributed by atoms with Crippen LogP contribution in [-0.4, -0.2) is 49.9 Å². The maximum Gasteiger partial charge on any atom is 0.246 e. The van der Waals surface area contributed by atoms with E-state index in [0.717, 1.165) is 19.4 Å². The molecule has 1 fully saturated rings. The summed E-state index contributed by atoms with van der Waals surface area (Å²) >= 11 is 0. The lowest BCUT2D eigenvalue weighted by atomic mass is 9.97. The maximum absolute atomic E-state index is 12.3. The fraction of sp³-hybridized carbons (Fsp3) is 0.500. The highest BCUT2D eigenvalue weighted by Gasteiger charge is 2.27. The average molecular weight is 344 g/mol. The molecular formula is C16H20N6O3. The minimum Gasteiger partial charge on any atom is -0.347 e. The van der Waals surface area contributed by atoms with E-state index in [-0.39, 0.29) is 36.0 Å². The first kappa shape index (κ1) is 17.0. The summed E-state index contributed by atoms with van der Waals surface area (Å²) in [5, 5.41) is 6.60. The molecule has 2 aromatic heterocycles. The molecule has 3 rings (SSSR count). The Morgan fingerprint density at radius 2 is 2.12 bits per heavy atom. The van der Waals surface area contributed by atoms with Gasteiger partial charge in [-0.3, -0.25) is 9.59 Å². The number of nitrogens with one attached hydrogen (secondary N) is 1. The molecule has 0 radical (unpaired) electrons. The van der Waals surface area contributed by atoms with Crippen molar-refractivity contribution >= 4 is 11.8 Å². The molecule has 0 bridgehead atoms. The van der Waals surface area contributed by atoms with E-state index in [9.17, 15) is 9.59 Å². The molecule has 0 unspecified atom stereocenters. The van der Waals surface area contributed by atoms with E-state index in [1.165, 1.54) is 0 Å². The van der Waals surface area contributed by atoms with Gasteiger partial charge in [0, 0.05) is 31.9 Å². The lowest BCUT2D eigenvalue weighted by Crippen LogP contribution is -2.45. The van der Waals surface area contributed by atoms with Gasteiger partial charge in [-0.15, -0.1) is 0 Å². The van der Waals surface area contributed by atoms with Crippen LogP contribution in [0.2, 0.25) is 0 Å². The number of hydrogen-bond donors (Lipinski definition) is 1. The summed E-state index contributed by atoms with van der Waals surface area (Å²) in [7, 11) is 0. The van der Waals surface area contributed by atoms with Crippen molar-refractivity contribution in [3.8, 4) is 11.6 Å². The zero-order valence-electron chi connectivity index (χ0n) is 14.0. The van der Waals surface area contributed by atoms with E-state index in [1.807, 2.05) is 6.92 Å². The van der Waals surface area contributed by atoms with Crippen LogP contribution >= 0.6 is 0 Å². The normalized spacial score (nSPS) is 17.3. The van der Waals surface area contributed by atoms with Gasteiger partial charge < -0.3 is 14.7 Å². The molecule has 0 aliphatic carbocycles. The van der Waals surface area contributed by atoms with E-state index in [0.29, 0.717) is 18.8 Å². The van der Waals surface area contributed by atoms with Crippen molar-refractivity contribution in [1.29, 1.82) is 0 Å². The summed E-state index contributed by atoms with van der Waals surface area (Å²) < 4.78 is 5.11. The molecule has 2 aromatic rings. The third-order valence-electron chi connectivity index (χ3n) is 4.10.